The number of hydrogen-bond donors (Lipinski definition) is 0. The molecule has 0 bridgehead atoms. The van der Waals surface area contributed by atoms with E-state index in [-0.39, 0.29) is 12.1 Å². The molecular weight excluding hydrogens is 908 g/mol. The average Bonchev–Trinajstić information content (AvgIpc) is 3.65. The van der Waals surface area contributed by atoms with Crippen LogP contribution in [-0.2, 0) is 5.41 Å². The molecule has 0 N–H and O–H groups in total. The van der Waals surface area contributed by atoms with Gasteiger partial charge in [0, 0.05) is 62.3 Å². The zero-order valence-corrected chi connectivity index (χ0v) is 44.5. The van der Waals surface area contributed by atoms with Crippen molar-refractivity contribution in [2.75, 3.05) is 19.6 Å². The third-order valence-electron chi connectivity index (χ3n) is 16.2. The van der Waals surface area contributed by atoms with Crippen LogP contribution in [0.25, 0.3) is 11.1 Å². The molecule has 0 fully saturated rings. The van der Waals surface area contributed by atoms with Crippen molar-refractivity contribution in [1.82, 2.24) is 0 Å². The van der Waals surface area contributed by atoms with Gasteiger partial charge in [-0.05, 0) is 184 Å². The predicted molar refractivity (Wildman–Crippen MR) is 321 cm³/mol. The molecule has 0 saturated carbocycles. The van der Waals surface area contributed by atoms with Crippen LogP contribution in [0, 0.1) is 48.5 Å². The van der Waals surface area contributed by atoms with E-state index in [2.05, 4.69) is 288 Å². The minimum absolute atomic E-state index is 0.124. The van der Waals surface area contributed by atoms with E-state index in [0.717, 1.165) is 45.5 Å². The Bertz CT molecular complexity index is 3770. The lowest BCUT2D eigenvalue weighted by Crippen LogP contribution is -2.62. The molecule has 0 saturated heterocycles. The molecule has 3 aliphatic rings. The second-order valence-corrected chi connectivity index (χ2v) is 22.0. The highest BCUT2D eigenvalue weighted by atomic mass is 15.2. The molecule has 10 aromatic rings. The number of anilines is 12. The highest BCUT2D eigenvalue weighted by Crippen LogP contribution is 2.58. The van der Waals surface area contributed by atoms with Crippen molar-refractivity contribution in [2.45, 2.75) is 67.7 Å². The summed E-state index contributed by atoms with van der Waals surface area (Å²) in [4.78, 5) is 10.2. The van der Waals surface area contributed by atoms with Crippen molar-refractivity contribution in [2.24, 2.45) is 0 Å². The third kappa shape index (κ3) is 7.50. The SMILES string of the molecule is Cc1ccc(N(c2ccc(C)cc2)c2cc3c4c(c2)N(c2ccc(C)cc2)c2cc(N(c5ccc(C)cc5)c5ccc(C)cc5)c5c(c2B4c2cc(C)ccc2N3c2ccc(C)cc2)-c2ccccc2C5(C)C)cc1. The molecule has 2 heterocycles. The smallest absolute Gasteiger partial charge is 0.252 e. The molecule has 0 radical (unpaired) electrons. The zero-order chi connectivity index (χ0) is 51.4. The fourth-order valence-corrected chi connectivity index (χ4v) is 12.4. The second kappa shape index (κ2) is 17.6. The van der Waals surface area contributed by atoms with Crippen molar-refractivity contribution in [3.05, 3.63) is 256 Å². The quantitative estimate of drug-likeness (QED) is 0.141. The number of rotatable bonds is 8. The lowest BCUT2D eigenvalue weighted by Gasteiger charge is -2.46. The Morgan fingerprint density at radius 2 is 0.760 bits per heavy atom. The predicted octanol–water partition coefficient (Wildman–Crippen LogP) is 17.2. The second-order valence-electron chi connectivity index (χ2n) is 22.0. The van der Waals surface area contributed by atoms with E-state index in [1.165, 1.54) is 100 Å². The lowest BCUT2D eigenvalue weighted by molar-refractivity contribution is 0.661. The van der Waals surface area contributed by atoms with Crippen molar-refractivity contribution in [3.8, 4) is 11.1 Å². The van der Waals surface area contributed by atoms with Gasteiger partial charge in [0.2, 0.25) is 0 Å². The summed E-state index contributed by atoms with van der Waals surface area (Å²) in [6.07, 6.45) is 0. The van der Waals surface area contributed by atoms with E-state index in [0.29, 0.717) is 0 Å². The van der Waals surface area contributed by atoms with Gasteiger partial charge >= 0.3 is 0 Å². The minimum atomic E-state index is -0.355. The van der Waals surface area contributed by atoms with Gasteiger partial charge in [-0.2, -0.15) is 0 Å². The Morgan fingerprint density at radius 1 is 0.360 bits per heavy atom. The molecule has 4 nitrogen and oxygen atoms in total. The molecule has 0 aromatic heterocycles. The lowest BCUT2D eigenvalue weighted by atomic mass is 9.32. The van der Waals surface area contributed by atoms with Crippen LogP contribution in [0.1, 0.15) is 63.9 Å². The van der Waals surface area contributed by atoms with Gasteiger partial charge < -0.3 is 19.6 Å². The Hall–Kier alpha value is -8.54. The van der Waals surface area contributed by atoms with E-state index in [9.17, 15) is 0 Å². The molecule has 364 valence electrons. The van der Waals surface area contributed by atoms with Crippen LogP contribution in [-0.4, -0.2) is 6.71 Å². The van der Waals surface area contributed by atoms with Gasteiger partial charge in [-0.1, -0.05) is 162 Å². The van der Waals surface area contributed by atoms with E-state index >= 15 is 0 Å². The van der Waals surface area contributed by atoms with Gasteiger partial charge in [0.25, 0.3) is 6.71 Å². The summed E-state index contributed by atoms with van der Waals surface area (Å²) in [5.41, 5.74) is 31.2. The van der Waals surface area contributed by atoms with Crippen LogP contribution >= 0.6 is 0 Å². The standard InChI is InChI=1S/C70H61BN4/c1-44-14-27-51(28-15-44)72(52-29-16-45(2)17-30-52)57-41-63-68-64(42-57)75(56-37-24-49(6)25-38-56)65-43-62(73(53-31-18-46(3)19-32-53)54-33-20-47(4)21-34-54)67-66(58-12-10-11-13-59(58)70(67,8)9)69(65)71(68)60-40-50(7)26-39-61(60)74(63)55-35-22-48(5)23-36-55/h10-43H,1-9H3. The topological polar surface area (TPSA) is 13.0 Å². The van der Waals surface area contributed by atoms with E-state index in [4.69, 9.17) is 0 Å². The van der Waals surface area contributed by atoms with Gasteiger partial charge in [-0.15, -0.1) is 0 Å². The molecule has 1 aliphatic carbocycles. The van der Waals surface area contributed by atoms with Crippen LogP contribution < -0.4 is 36.0 Å². The first kappa shape index (κ1) is 46.3. The van der Waals surface area contributed by atoms with Crippen LogP contribution in [0.15, 0.2) is 206 Å². The monoisotopic (exact) mass is 968 g/mol. The minimum Gasteiger partial charge on any atom is -0.311 e. The fourth-order valence-electron chi connectivity index (χ4n) is 12.4. The first-order valence-electron chi connectivity index (χ1n) is 26.5. The maximum Gasteiger partial charge on any atom is 0.252 e. The molecule has 5 heteroatoms. The van der Waals surface area contributed by atoms with Gasteiger partial charge in [-0.3, -0.25) is 0 Å². The van der Waals surface area contributed by atoms with Crippen molar-refractivity contribution in [3.63, 3.8) is 0 Å². The molecule has 0 amide bonds. The first-order chi connectivity index (χ1) is 36.3. The van der Waals surface area contributed by atoms with Crippen molar-refractivity contribution in [1.29, 1.82) is 0 Å². The molecule has 2 aliphatic heterocycles. The van der Waals surface area contributed by atoms with Gasteiger partial charge in [-0.25, -0.2) is 0 Å². The van der Waals surface area contributed by atoms with Gasteiger partial charge in [0.05, 0.1) is 11.4 Å². The first-order valence-corrected chi connectivity index (χ1v) is 26.5. The number of nitrogens with zero attached hydrogens (tertiary/aromatic N) is 4. The van der Waals surface area contributed by atoms with E-state index < -0.39 is 0 Å². The summed E-state index contributed by atoms with van der Waals surface area (Å²) in [5.74, 6) is 0. The molecule has 0 spiro atoms. The summed E-state index contributed by atoms with van der Waals surface area (Å²) in [7, 11) is 0. The molecule has 75 heavy (non-hydrogen) atoms. The fraction of sp³-hybridized carbons (Fsp3) is 0.143. The number of aryl methyl sites for hydroxylation is 7. The number of benzene rings is 10. The summed E-state index contributed by atoms with van der Waals surface area (Å²) in [6, 6.07) is 78.5. The number of hydrogen-bond acceptors (Lipinski definition) is 4. The van der Waals surface area contributed by atoms with Crippen LogP contribution in [0.2, 0.25) is 0 Å². The van der Waals surface area contributed by atoms with E-state index in [1.54, 1.807) is 0 Å². The van der Waals surface area contributed by atoms with Crippen molar-refractivity contribution >= 4 is 91.3 Å². The Labute approximate surface area is 443 Å². The Balaban J connectivity index is 1.22. The summed E-state index contributed by atoms with van der Waals surface area (Å²) in [5, 5.41) is 0. The highest BCUT2D eigenvalue weighted by molar-refractivity contribution is 7.01. The van der Waals surface area contributed by atoms with Crippen LogP contribution in [0.4, 0.5) is 68.2 Å². The van der Waals surface area contributed by atoms with Crippen LogP contribution in [0.5, 0.6) is 0 Å². The Kier molecular flexibility index (Phi) is 10.8. The molecule has 10 aromatic carbocycles. The number of fused-ring (bicyclic) bond motifs is 8. The largest absolute Gasteiger partial charge is 0.311 e. The molecule has 0 atom stereocenters. The van der Waals surface area contributed by atoms with Crippen molar-refractivity contribution < 1.29 is 0 Å². The van der Waals surface area contributed by atoms with Crippen LogP contribution in [0.3, 0.4) is 0 Å². The molecular formula is C70H61BN4. The average molecular weight is 969 g/mol. The zero-order valence-electron chi connectivity index (χ0n) is 44.5. The Morgan fingerprint density at radius 3 is 1.24 bits per heavy atom. The van der Waals surface area contributed by atoms with Gasteiger partial charge in [0.1, 0.15) is 0 Å². The molecule has 0 unspecified atom stereocenters. The third-order valence-corrected chi connectivity index (χ3v) is 16.2. The normalized spacial score (nSPS) is 13.4. The van der Waals surface area contributed by atoms with Gasteiger partial charge in [0.15, 0.2) is 0 Å². The summed E-state index contributed by atoms with van der Waals surface area (Å²) < 4.78 is 0. The molecule has 13 rings (SSSR count). The summed E-state index contributed by atoms with van der Waals surface area (Å²) in [6.45, 7) is 20.1. The maximum atomic E-state index is 2.62. The maximum absolute atomic E-state index is 2.62. The summed E-state index contributed by atoms with van der Waals surface area (Å²) >= 11 is 0. The van der Waals surface area contributed by atoms with E-state index in [1.807, 2.05) is 0 Å². The highest BCUT2D eigenvalue weighted by Gasteiger charge is 2.50.